The molecule has 4 aliphatic carbocycles. The zero-order valence-electron chi connectivity index (χ0n) is 22.6. The Kier molecular flexibility index (Phi) is 7.96. The highest BCUT2D eigenvalue weighted by Gasteiger charge is 2.46. The van der Waals surface area contributed by atoms with Crippen LogP contribution >= 0.6 is 11.6 Å². The van der Waals surface area contributed by atoms with Gasteiger partial charge in [0.1, 0.15) is 5.75 Å². The van der Waals surface area contributed by atoms with Crippen LogP contribution in [0.5, 0.6) is 5.75 Å². The lowest BCUT2D eigenvalue weighted by Crippen LogP contribution is -2.40. The number of rotatable bonds is 10. The summed E-state index contributed by atoms with van der Waals surface area (Å²) >= 11 is 6.32. The van der Waals surface area contributed by atoms with Crippen molar-refractivity contribution in [3.8, 4) is 5.75 Å². The van der Waals surface area contributed by atoms with Gasteiger partial charge in [0.05, 0.1) is 6.61 Å². The minimum Gasteiger partial charge on any atom is -0.493 e. The highest BCUT2D eigenvalue weighted by atomic mass is 35.5. The minimum atomic E-state index is 0.745. The van der Waals surface area contributed by atoms with Gasteiger partial charge in [-0.2, -0.15) is 0 Å². The van der Waals surface area contributed by atoms with E-state index in [4.69, 9.17) is 16.3 Å². The predicted octanol–water partition coefficient (Wildman–Crippen LogP) is 8.88. The largest absolute Gasteiger partial charge is 0.493 e. The predicted molar refractivity (Wildman–Crippen MR) is 155 cm³/mol. The van der Waals surface area contributed by atoms with Crippen molar-refractivity contribution in [1.82, 2.24) is 4.90 Å². The SMILES string of the molecule is CN1CCC(CCCCCCOc2ccccc2C(=C2C3CC4CC(C3)CC2C4)c2ccc(Cl)cc2)C1. The second kappa shape index (κ2) is 11.5. The number of hydrogen-bond acceptors (Lipinski definition) is 2. The van der Waals surface area contributed by atoms with Crippen LogP contribution in [-0.4, -0.2) is 31.6 Å². The molecule has 4 saturated carbocycles. The van der Waals surface area contributed by atoms with Crippen LogP contribution in [0.3, 0.4) is 0 Å². The summed E-state index contributed by atoms with van der Waals surface area (Å²) in [6.07, 6.45) is 14.9. The molecule has 1 atom stereocenters. The van der Waals surface area contributed by atoms with Gasteiger partial charge in [0.15, 0.2) is 0 Å². The standard InChI is InChI=1S/C34H44ClNO/c1-36-16-15-24(23-36)8-4-2-3-7-17-37-32-10-6-5-9-31(32)34(27-11-13-30(35)14-12-27)33-28-19-25-18-26(21-28)22-29(33)20-25/h5-6,9-14,24-26,28-29H,2-4,7-8,15-23H2,1H3. The third kappa shape index (κ3) is 5.81. The molecule has 2 aromatic rings. The van der Waals surface area contributed by atoms with Gasteiger partial charge >= 0.3 is 0 Å². The molecule has 0 radical (unpaired) electrons. The van der Waals surface area contributed by atoms with E-state index in [0.29, 0.717) is 0 Å². The maximum absolute atomic E-state index is 6.53. The maximum atomic E-state index is 6.53. The fourth-order valence-corrected chi connectivity index (χ4v) is 8.45. The molecule has 4 bridgehead atoms. The number of unbranched alkanes of at least 4 members (excludes halogenated alkanes) is 3. The lowest BCUT2D eigenvalue weighted by Gasteiger charge is -2.52. The summed E-state index contributed by atoms with van der Waals surface area (Å²) in [5, 5.41) is 0.808. The molecular formula is C34H44ClNO. The van der Waals surface area contributed by atoms with E-state index in [1.165, 1.54) is 94.0 Å². The number of nitrogens with zero attached hydrogens (tertiary/aromatic N) is 1. The second-order valence-electron chi connectivity index (χ2n) is 12.6. The van der Waals surface area contributed by atoms with Crippen molar-refractivity contribution < 1.29 is 4.74 Å². The van der Waals surface area contributed by atoms with Crippen molar-refractivity contribution in [3.63, 3.8) is 0 Å². The number of benzene rings is 2. The lowest BCUT2D eigenvalue weighted by atomic mass is 9.53. The molecule has 1 unspecified atom stereocenters. The van der Waals surface area contributed by atoms with Crippen molar-refractivity contribution >= 4 is 17.2 Å². The summed E-state index contributed by atoms with van der Waals surface area (Å²) < 4.78 is 6.53. The number of allylic oxidation sites excluding steroid dienone is 1. The Morgan fingerprint density at radius 1 is 0.865 bits per heavy atom. The third-order valence-electron chi connectivity index (χ3n) is 9.85. The van der Waals surface area contributed by atoms with Gasteiger partial charge in [-0.3, -0.25) is 0 Å². The first-order valence-electron chi connectivity index (χ1n) is 15.0. The van der Waals surface area contributed by atoms with E-state index in [-0.39, 0.29) is 0 Å². The first kappa shape index (κ1) is 25.5. The molecule has 1 aliphatic heterocycles. The molecular weight excluding hydrogens is 474 g/mol. The smallest absolute Gasteiger partial charge is 0.127 e. The van der Waals surface area contributed by atoms with E-state index < -0.39 is 0 Å². The van der Waals surface area contributed by atoms with Crippen LogP contribution in [0, 0.1) is 29.6 Å². The molecule has 37 heavy (non-hydrogen) atoms. The second-order valence-corrected chi connectivity index (χ2v) is 13.0. The van der Waals surface area contributed by atoms with E-state index in [9.17, 15) is 0 Å². The Hall–Kier alpha value is -1.77. The molecule has 2 aromatic carbocycles. The summed E-state index contributed by atoms with van der Waals surface area (Å²) in [6, 6.07) is 17.4. The topological polar surface area (TPSA) is 12.5 Å². The molecule has 0 aromatic heterocycles. The third-order valence-corrected chi connectivity index (χ3v) is 10.1. The van der Waals surface area contributed by atoms with E-state index in [1.807, 2.05) is 0 Å². The monoisotopic (exact) mass is 517 g/mol. The Balaban J connectivity index is 1.16. The van der Waals surface area contributed by atoms with Crippen LogP contribution < -0.4 is 4.74 Å². The first-order chi connectivity index (χ1) is 18.1. The van der Waals surface area contributed by atoms with Gasteiger partial charge in [-0.25, -0.2) is 0 Å². The first-order valence-corrected chi connectivity index (χ1v) is 15.4. The molecule has 3 heteroatoms. The molecule has 0 amide bonds. The van der Waals surface area contributed by atoms with Crippen molar-refractivity contribution in [2.24, 2.45) is 29.6 Å². The van der Waals surface area contributed by atoms with Crippen LogP contribution in [0.25, 0.3) is 5.57 Å². The number of likely N-dealkylation sites (tertiary alicyclic amines) is 1. The molecule has 2 nitrogen and oxygen atoms in total. The minimum absolute atomic E-state index is 0.745. The average molecular weight is 518 g/mol. The van der Waals surface area contributed by atoms with E-state index in [2.05, 4.69) is 60.5 Å². The quantitative estimate of drug-likeness (QED) is 0.292. The van der Waals surface area contributed by atoms with Crippen LogP contribution in [-0.2, 0) is 0 Å². The Labute approximate surface area is 229 Å². The summed E-state index contributed by atoms with van der Waals surface area (Å²) in [7, 11) is 2.26. The molecule has 0 N–H and O–H groups in total. The molecule has 7 rings (SSSR count). The van der Waals surface area contributed by atoms with Gasteiger partial charge in [0.25, 0.3) is 0 Å². The zero-order chi connectivity index (χ0) is 25.2. The van der Waals surface area contributed by atoms with E-state index >= 15 is 0 Å². The molecule has 1 heterocycles. The number of ether oxygens (including phenoxy) is 1. The van der Waals surface area contributed by atoms with Crippen LogP contribution in [0.4, 0.5) is 0 Å². The van der Waals surface area contributed by atoms with Gasteiger partial charge in [-0.05, 0) is 124 Å². The van der Waals surface area contributed by atoms with Crippen LogP contribution in [0.2, 0.25) is 5.02 Å². The van der Waals surface area contributed by atoms with E-state index in [0.717, 1.165) is 53.4 Å². The summed E-state index contributed by atoms with van der Waals surface area (Å²) in [6.45, 7) is 3.40. The Morgan fingerprint density at radius 2 is 1.57 bits per heavy atom. The molecule has 0 spiro atoms. The van der Waals surface area contributed by atoms with Gasteiger partial charge in [-0.15, -0.1) is 0 Å². The van der Waals surface area contributed by atoms with Gasteiger partial charge in [0.2, 0.25) is 0 Å². The number of hydrogen-bond donors (Lipinski definition) is 0. The molecule has 1 saturated heterocycles. The summed E-state index contributed by atoms with van der Waals surface area (Å²) in [5.41, 5.74) is 5.77. The number of halogens is 1. The lowest BCUT2D eigenvalue weighted by molar-refractivity contribution is 0.0705. The maximum Gasteiger partial charge on any atom is 0.127 e. The fourth-order valence-electron chi connectivity index (χ4n) is 8.33. The Bertz CT molecular complexity index is 1060. The summed E-state index contributed by atoms with van der Waals surface area (Å²) in [4.78, 5) is 2.48. The highest BCUT2D eigenvalue weighted by Crippen LogP contribution is 2.59. The van der Waals surface area contributed by atoms with Crippen molar-refractivity contribution in [1.29, 1.82) is 0 Å². The number of para-hydroxylation sites is 1. The fraction of sp³-hybridized carbons (Fsp3) is 0.588. The normalized spacial score (nSPS) is 28.7. The van der Waals surface area contributed by atoms with Gasteiger partial charge in [-0.1, -0.05) is 66.8 Å². The molecule has 5 aliphatic rings. The van der Waals surface area contributed by atoms with Crippen LogP contribution in [0.1, 0.15) is 81.8 Å². The van der Waals surface area contributed by atoms with Gasteiger partial charge in [0, 0.05) is 17.1 Å². The van der Waals surface area contributed by atoms with Crippen LogP contribution in [0.15, 0.2) is 54.1 Å². The molecule has 5 fully saturated rings. The van der Waals surface area contributed by atoms with Gasteiger partial charge < -0.3 is 9.64 Å². The molecule has 198 valence electrons. The summed E-state index contributed by atoms with van der Waals surface area (Å²) in [5.74, 6) is 5.39. The van der Waals surface area contributed by atoms with Crippen molar-refractivity contribution in [2.75, 3.05) is 26.7 Å². The zero-order valence-corrected chi connectivity index (χ0v) is 23.4. The highest BCUT2D eigenvalue weighted by molar-refractivity contribution is 6.30. The Morgan fingerprint density at radius 3 is 2.27 bits per heavy atom. The van der Waals surface area contributed by atoms with Crippen molar-refractivity contribution in [2.45, 2.75) is 70.6 Å². The van der Waals surface area contributed by atoms with Crippen molar-refractivity contribution in [3.05, 3.63) is 70.3 Å². The van der Waals surface area contributed by atoms with E-state index in [1.54, 1.807) is 5.57 Å². The average Bonchev–Trinajstić information content (AvgIpc) is 3.31.